The SMILES string of the molecule is CN(C=O)CP(=O)(O)CN1CCOCC1. The highest BCUT2D eigenvalue weighted by molar-refractivity contribution is 7.57. The minimum absolute atomic E-state index is 0.0894. The van der Waals surface area contributed by atoms with Crippen molar-refractivity contribution in [2.45, 2.75) is 0 Å². The van der Waals surface area contributed by atoms with Gasteiger partial charge in [0, 0.05) is 20.1 Å². The van der Waals surface area contributed by atoms with Crippen molar-refractivity contribution < 1.29 is 19.0 Å². The third-order valence-corrected chi connectivity index (χ3v) is 3.88. The molecular weight excluding hydrogens is 219 g/mol. The first kappa shape index (κ1) is 12.6. The number of morpholine rings is 1. The van der Waals surface area contributed by atoms with Gasteiger partial charge in [0.25, 0.3) is 0 Å². The Labute approximate surface area is 89.3 Å². The summed E-state index contributed by atoms with van der Waals surface area (Å²) in [6, 6.07) is 0. The summed E-state index contributed by atoms with van der Waals surface area (Å²) in [4.78, 5) is 23.1. The molecule has 0 aromatic rings. The van der Waals surface area contributed by atoms with Gasteiger partial charge in [0.05, 0.1) is 25.8 Å². The standard InChI is InChI=1S/C8H17N2O4P/c1-9(6-11)7-15(12,13)8-10-2-4-14-5-3-10/h6H,2-5,7-8H2,1H3,(H,12,13). The second-order valence-electron chi connectivity index (χ2n) is 3.72. The summed E-state index contributed by atoms with van der Waals surface area (Å²) >= 11 is 0. The molecule has 0 aliphatic carbocycles. The van der Waals surface area contributed by atoms with Crippen molar-refractivity contribution in [1.29, 1.82) is 0 Å². The fourth-order valence-corrected chi connectivity index (χ4v) is 3.24. The lowest BCUT2D eigenvalue weighted by Gasteiger charge is -2.29. The lowest BCUT2D eigenvalue weighted by atomic mass is 10.5. The van der Waals surface area contributed by atoms with Crippen LogP contribution in [0.2, 0.25) is 0 Å². The van der Waals surface area contributed by atoms with Crippen LogP contribution in [0.15, 0.2) is 0 Å². The molecule has 1 heterocycles. The number of amides is 1. The molecule has 7 heteroatoms. The Morgan fingerprint density at radius 1 is 1.53 bits per heavy atom. The molecule has 1 rings (SSSR count). The molecule has 1 atom stereocenters. The summed E-state index contributed by atoms with van der Waals surface area (Å²) < 4.78 is 16.9. The Morgan fingerprint density at radius 3 is 2.67 bits per heavy atom. The smallest absolute Gasteiger partial charge is 0.232 e. The van der Waals surface area contributed by atoms with Gasteiger partial charge in [-0.15, -0.1) is 0 Å². The molecule has 1 aliphatic heterocycles. The van der Waals surface area contributed by atoms with Crippen molar-refractivity contribution in [3.8, 4) is 0 Å². The fourth-order valence-electron chi connectivity index (χ4n) is 1.48. The van der Waals surface area contributed by atoms with Crippen molar-refractivity contribution >= 4 is 13.8 Å². The highest BCUT2D eigenvalue weighted by atomic mass is 31.2. The first-order valence-electron chi connectivity index (χ1n) is 4.80. The third kappa shape index (κ3) is 4.75. The molecule has 1 aliphatic rings. The number of carbonyl (C=O) groups excluding carboxylic acids is 1. The van der Waals surface area contributed by atoms with Gasteiger partial charge in [0.1, 0.15) is 0 Å². The van der Waals surface area contributed by atoms with Crippen LogP contribution in [-0.4, -0.2) is 67.0 Å². The molecule has 88 valence electrons. The highest BCUT2D eigenvalue weighted by Crippen LogP contribution is 2.41. The number of carbonyl (C=O) groups is 1. The molecule has 0 bridgehead atoms. The molecule has 1 unspecified atom stereocenters. The zero-order valence-electron chi connectivity index (χ0n) is 8.83. The quantitative estimate of drug-likeness (QED) is 0.519. The van der Waals surface area contributed by atoms with E-state index in [4.69, 9.17) is 4.74 Å². The molecule has 1 amide bonds. The zero-order valence-corrected chi connectivity index (χ0v) is 9.73. The predicted molar refractivity (Wildman–Crippen MR) is 55.8 cm³/mol. The molecule has 0 aromatic carbocycles. The van der Waals surface area contributed by atoms with Crippen molar-refractivity contribution in [1.82, 2.24) is 9.80 Å². The van der Waals surface area contributed by atoms with E-state index in [0.717, 1.165) is 0 Å². The molecule has 0 aromatic heterocycles. The van der Waals surface area contributed by atoms with Gasteiger partial charge < -0.3 is 14.5 Å². The summed E-state index contributed by atoms with van der Waals surface area (Å²) in [7, 11) is -1.77. The third-order valence-electron chi connectivity index (χ3n) is 2.15. The van der Waals surface area contributed by atoms with Crippen molar-refractivity contribution in [2.24, 2.45) is 0 Å². The van der Waals surface area contributed by atoms with Crippen LogP contribution in [0.25, 0.3) is 0 Å². The molecule has 0 radical (unpaired) electrons. The number of rotatable bonds is 5. The zero-order chi connectivity index (χ0) is 11.3. The van der Waals surface area contributed by atoms with E-state index in [-0.39, 0.29) is 12.6 Å². The molecule has 0 spiro atoms. The Bertz CT molecular complexity index is 255. The van der Waals surface area contributed by atoms with Crippen molar-refractivity contribution in [3.05, 3.63) is 0 Å². The number of nitrogens with zero attached hydrogens (tertiary/aromatic N) is 2. The summed E-state index contributed by atoms with van der Waals surface area (Å²) in [6.45, 7) is 2.55. The normalized spacial score (nSPS) is 22.0. The van der Waals surface area contributed by atoms with E-state index in [9.17, 15) is 14.3 Å². The molecular formula is C8H17N2O4P. The maximum Gasteiger partial charge on any atom is 0.232 e. The highest BCUT2D eigenvalue weighted by Gasteiger charge is 2.24. The van der Waals surface area contributed by atoms with Gasteiger partial charge in [-0.1, -0.05) is 0 Å². The van der Waals surface area contributed by atoms with E-state index in [1.165, 1.54) is 11.9 Å². The van der Waals surface area contributed by atoms with Gasteiger partial charge in [-0.2, -0.15) is 0 Å². The van der Waals surface area contributed by atoms with Crippen LogP contribution in [0, 0.1) is 0 Å². The van der Waals surface area contributed by atoms with Crippen LogP contribution in [-0.2, 0) is 14.1 Å². The fraction of sp³-hybridized carbons (Fsp3) is 0.875. The van der Waals surface area contributed by atoms with E-state index in [0.29, 0.717) is 32.7 Å². The molecule has 15 heavy (non-hydrogen) atoms. The minimum Gasteiger partial charge on any atom is -0.379 e. The first-order valence-corrected chi connectivity index (χ1v) is 6.83. The largest absolute Gasteiger partial charge is 0.379 e. The molecule has 0 saturated carbocycles. The van der Waals surface area contributed by atoms with E-state index in [2.05, 4.69) is 0 Å². The predicted octanol–water partition coefficient (Wildman–Crippen LogP) is -0.408. The van der Waals surface area contributed by atoms with E-state index >= 15 is 0 Å². The van der Waals surface area contributed by atoms with Crippen LogP contribution in [0.1, 0.15) is 0 Å². The van der Waals surface area contributed by atoms with Gasteiger partial charge in [-0.05, 0) is 0 Å². The summed E-state index contributed by atoms with van der Waals surface area (Å²) in [6.07, 6.45) is 0.602. The topological polar surface area (TPSA) is 70.1 Å². The molecule has 6 nitrogen and oxygen atoms in total. The maximum atomic E-state index is 11.7. The van der Waals surface area contributed by atoms with Crippen LogP contribution >= 0.6 is 7.37 Å². The summed E-state index contributed by atoms with van der Waals surface area (Å²) in [5.41, 5.74) is 0. The average molecular weight is 236 g/mol. The van der Waals surface area contributed by atoms with Gasteiger partial charge in [-0.3, -0.25) is 14.3 Å². The van der Waals surface area contributed by atoms with Crippen molar-refractivity contribution in [3.63, 3.8) is 0 Å². The van der Waals surface area contributed by atoms with Crippen LogP contribution in [0.4, 0.5) is 0 Å². The van der Waals surface area contributed by atoms with Crippen LogP contribution in [0.3, 0.4) is 0 Å². The summed E-state index contributed by atoms with van der Waals surface area (Å²) in [5.74, 6) is 0. The second kappa shape index (κ2) is 5.61. The maximum absolute atomic E-state index is 11.7. The lowest BCUT2D eigenvalue weighted by Crippen LogP contribution is -2.37. The summed E-state index contributed by atoms with van der Waals surface area (Å²) in [5, 5.41) is 0. The van der Waals surface area contributed by atoms with Gasteiger partial charge in [0.15, 0.2) is 0 Å². The van der Waals surface area contributed by atoms with Crippen molar-refractivity contribution in [2.75, 3.05) is 45.9 Å². The van der Waals surface area contributed by atoms with E-state index < -0.39 is 7.37 Å². The van der Waals surface area contributed by atoms with E-state index in [1.807, 2.05) is 4.90 Å². The number of hydrogen-bond donors (Lipinski definition) is 1. The van der Waals surface area contributed by atoms with E-state index in [1.54, 1.807) is 0 Å². The Hall–Kier alpha value is -0.420. The second-order valence-corrected chi connectivity index (χ2v) is 5.98. The first-order chi connectivity index (χ1) is 7.03. The molecule has 1 saturated heterocycles. The Kier molecular flexibility index (Phi) is 4.73. The monoisotopic (exact) mass is 236 g/mol. The Morgan fingerprint density at radius 2 is 2.13 bits per heavy atom. The lowest BCUT2D eigenvalue weighted by molar-refractivity contribution is -0.116. The van der Waals surface area contributed by atoms with Crippen LogP contribution in [0.5, 0.6) is 0 Å². The Balaban J connectivity index is 2.40. The number of ether oxygens (including phenoxy) is 1. The van der Waals surface area contributed by atoms with Gasteiger partial charge in [-0.25, -0.2) is 0 Å². The molecule has 1 N–H and O–H groups in total. The average Bonchev–Trinajstić information content (AvgIpc) is 2.17. The molecule has 1 fully saturated rings. The van der Waals surface area contributed by atoms with Gasteiger partial charge in [0.2, 0.25) is 13.8 Å². The van der Waals surface area contributed by atoms with Gasteiger partial charge >= 0.3 is 0 Å². The number of hydrogen-bond acceptors (Lipinski definition) is 4. The van der Waals surface area contributed by atoms with Crippen LogP contribution < -0.4 is 0 Å². The minimum atomic E-state index is -3.27.